The standard InChI is InChI=1S/C22H18F5N3O3S/c1-11(28-33)14-8-30(9-18(31)29-5-4-13(23)7-29)21(32)19-15(10-34-20(14)19)12-2-3-17(24)16(6-12)22(25,26)27/h2-3,6,8,10,13,33H,4-5,7,9H2,1H3/b28-11+. The van der Waals surface area contributed by atoms with E-state index in [1.807, 2.05) is 0 Å². The first-order valence-corrected chi connectivity index (χ1v) is 11.0. The molecule has 0 bridgehead atoms. The fraction of sp³-hybridized carbons (Fsp3) is 0.318. The number of hydrogen-bond acceptors (Lipinski definition) is 5. The Kier molecular flexibility index (Phi) is 6.19. The van der Waals surface area contributed by atoms with E-state index in [2.05, 4.69) is 5.16 Å². The quantitative estimate of drug-likeness (QED) is 0.246. The van der Waals surface area contributed by atoms with Crippen LogP contribution in [0.4, 0.5) is 22.0 Å². The number of alkyl halides is 4. The zero-order valence-electron chi connectivity index (χ0n) is 17.7. The van der Waals surface area contributed by atoms with Gasteiger partial charge in [0.05, 0.1) is 27.9 Å². The van der Waals surface area contributed by atoms with Crippen molar-refractivity contribution in [1.82, 2.24) is 9.47 Å². The summed E-state index contributed by atoms with van der Waals surface area (Å²) >= 11 is 1.04. The maximum atomic E-state index is 13.8. The predicted octanol–water partition coefficient (Wildman–Crippen LogP) is 4.66. The minimum absolute atomic E-state index is 0.00261. The molecular formula is C22H18F5N3O3S. The molecule has 12 heteroatoms. The maximum absolute atomic E-state index is 13.8. The van der Waals surface area contributed by atoms with Crippen LogP contribution in [0.1, 0.15) is 24.5 Å². The molecule has 4 rings (SSSR count). The van der Waals surface area contributed by atoms with Gasteiger partial charge < -0.3 is 14.7 Å². The number of oxime groups is 1. The van der Waals surface area contributed by atoms with Crippen molar-refractivity contribution in [2.24, 2.45) is 5.16 Å². The zero-order valence-corrected chi connectivity index (χ0v) is 18.5. The van der Waals surface area contributed by atoms with Crippen LogP contribution in [0.5, 0.6) is 0 Å². The molecule has 1 aromatic carbocycles. The van der Waals surface area contributed by atoms with E-state index < -0.39 is 41.7 Å². The highest BCUT2D eigenvalue weighted by molar-refractivity contribution is 7.18. The van der Waals surface area contributed by atoms with Crippen LogP contribution < -0.4 is 5.56 Å². The number of carbonyl (C=O) groups excluding carboxylic acids is 1. The highest BCUT2D eigenvalue weighted by Crippen LogP contribution is 2.38. The Balaban J connectivity index is 1.89. The lowest BCUT2D eigenvalue weighted by atomic mass is 10.0. The van der Waals surface area contributed by atoms with Crippen molar-refractivity contribution in [1.29, 1.82) is 0 Å². The van der Waals surface area contributed by atoms with Crippen LogP contribution in [0.2, 0.25) is 0 Å². The fourth-order valence-corrected chi connectivity index (χ4v) is 5.06. The molecule has 1 unspecified atom stereocenters. The monoisotopic (exact) mass is 499 g/mol. The molecular weight excluding hydrogens is 481 g/mol. The molecule has 1 N–H and O–H groups in total. The SMILES string of the molecule is C/C(=N\O)c1cn(CC(=O)N2CCC(F)C2)c(=O)c2c(-c3ccc(F)c(C(F)(F)F)c3)csc12. The van der Waals surface area contributed by atoms with E-state index in [1.165, 1.54) is 23.4 Å². The van der Waals surface area contributed by atoms with Crippen molar-refractivity contribution >= 4 is 33.0 Å². The van der Waals surface area contributed by atoms with Gasteiger partial charge in [0.2, 0.25) is 5.91 Å². The number of aromatic nitrogens is 1. The van der Waals surface area contributed by atoms with Gasteiger partial charge in [-0.15, -0.1) is 11.3 Å². The summed E-state index contributed by atoms with van der Waals surface area (Å²) in [5.41, 5.74) is -1.65. The number of carbonyl (C=O) groups is 1. The summed E-state index contributed by atoms with van der Waals surface area (Å²) in [4.78, 5) is 27.3. The zero-order chi connectivity index (χ0) is 24.8. The van der Waals surface area contributed by atoms with Gasteiger partial charge in [-0.25, -0.2) is 8.78 Å². The van der Waals surface area contributed by atoms with Crippen LogP contribution >= 0.6 is 11.3 Å². The van der Waals surface area contributed by atoms with E-state index in [0.29, 0.717) is 22.4 Å². The van der Waals surface area contributed by atoms with Crippen molar-refractivity contribution < 1.29 is 32.0 Å². The summed E-state index contributed by atoms with van der Waals surface area (Å²) in [6.07, 6.45) is -4.56. The van der Waals surface area contributed by atoms with Crippen molar-refractivity contribution in [3.05, 3.63) is 57.1 Å². The predicted molar refractivity (Wildman–Crippen MR) is 117 cm³/mol. The van der Waals surface area contributed by atoms with Crippen LogP contribution in [-0.4, -0.2) is 45.6 Å². The minimum atomic E-state index is -4.94. The average Bonchev–Trinajstić information content (AvgIpc) is 3.41. The summed E-state index contributed by atoms with van der Waals surface area (Å²) in [7, 11) is 0. The number of rotatable bonds is 4. The molecule has 0 spiro atoms. The lowest BCUT2D eigenvalue weighted by Gasteiger charge is -2.17. The maximum Gasteiger partial charge on any atom is 0.419 e. The van der Waals surface area contributed by atoms with Crippen molar-refractivity contribution in [2.75, 3.05) is 13.1 Å². The Morgan fingerprint density at radius 3 is 2.68 bits per heavy atom. The lowest BCUT2D eigenvalue weighted by molar-refractivity contribution is -0.140. The fourth-order valence-electron chi connectivity index (χ4n) is 3.93. The summed E-state index contributed by atoms with van der Waals surface area (Å²) in [5.74, 6) is -1.94. The van der Waals surface area contributed by atoms with E-state index in [9.17, 15) is 36.7 Å². The molecule has 2 aromatic heterocycles. The lowest BCUT2D eigenvalue weighted by Crippen LogP contribution is -2.35. The topological polar surface area (TPSA) is 74.9 Å². The normalized spacial score (nSPS) is 17.1. The first-order chi connectivity index (χ1) is 16.0. The third kappa shape index (κ3) is 4.29. The Morgan fingerprint density at radius 2 is 2.06 bits per heavy atom. The van der Waals surface area contributed by atoms with Crippen LogP contribution in [0.3, 0.4) is 0 Å². The third-order valence-corrected chi connectivity index (χ3v) is 6.72. The molecule has 180 valence electrons. The van der Waals surface area contributed by atoms with Crippen molar-refractivity contribution in [3.63, 3.8) is 0 Å². The van der Waals surface area contributed by atoms with Gasteiger partial charge in [-0.1, -0.05) is 11.2 Å². The number of pyridine rings is 1. The highest BCUT2D eigenvalue weighted by Gasteiger charge is 2.34. The van der Waals surface area contributed by atoms with Crippen LogP contribution in [0.15, 0.2) is 39.7 Å². The van der Waals surface area contributed by atoms with E-state index in [1.54, 1.807) is 0 Å². The number of hydrogen-bond donors (Lipinski definition) is 1. The molecule has 1 aliphatic heterocycles. The number of likely N-dealkylation sites (tertiary alicyclic amines) is 1. The molecule has 3 aromatic rings. The number of amides is 1. The molecule has 1 aliphatic rings. The van der Waals surface area contributed by atoms with Gasteiger partial charge in [-0.05, 0) is 31.0 Å². The summed E-state index contributed by atoms with van der Waals surface area (Å²) < 4.78 is 68.4. The number of nitrogens with zero attached hydrogens (tertiary/aromatic N) is 3. The summed E-state index contributed by atoms with van der Waals surface area (Å²) in [6.45, 7) is 1.15. The number of thiophene rings is 1. The van der Waals surface area contributed by atoms with Gasteiger partial charge in [0.15, 0.2) is 0 Å². The van der Waals surface area contributed by atoms with Gasteiger partial charge in [0.25, 0.3) is 5.56 Å². The van der Waals surface area contributed by atoms with E-state index in [0.717, 1.165) is 22.0 Å². The number of fused-ring (bicyclic) bond motifs is 1. The molecule has 0 aliphatic carbocycles. The molecule has 1 atom stereocenters. The number of halogens is 5. The Bertz CT molecular complexity index is 1360. The highest BCUT2D eigenvalue weighted by atomic mass is 32.1. The Labute approximate surface area is 193 Å². The average molecular weight is 499 g/mol. The van der Waals surface area contributed by atoms with Gasteiger partial charge in [0, 0.05) is 29.2 Å². The molecule has 0 radical (unpaired) electrons. The molecule has 1 fully saturated rings. The van der Waals surface area contributed by atoms with E-state index in [-0.39, 0.29) is 41.7 Å². The summed E-state index contributed by atoms with van der Waals surface area (Å²) in [5, 5.41) is 13.9. The summed E-state index contributed by atoms with van der Waals surface area (Å²) in [6, 6.07) is 2.43. The second-order valence-corrected chi connectivity index (χ2v) is 8.81. The molecule has 6 nitrogen and oxygen atoms in total. The van der Waals surface area contributed by atoms with Gasteiger partial charge in [-0.2, -0.15) is 13.2 Å². The first kappa shape index (κ1) is 23.9. The molecule has 1 saturated heterocycles. The molecule has 0 saturated carbocycles. The van der Waals surface area contributed by atoms with Crippen molar-refractivity contribution in [2.45, 2.75) is 32.2 Å². The molecule has 1 amide bonds. The largest absolute Gasteiger partial charge is 0.419 e. The number of benzene rings is 1. The second kappa shape index (κ2) is 8.82. The smallest absolute Gasteiger partial charge is 0.411 e. The van der Waals surface area contributed by atoms with Crippen LogP contribution in [0.25, 0.3) is 21.2 Å². The van der Waals surface area contributed by atoms with E-state index in [4.69, 9.17) is 0 Å². The van der Waals surface area contributed by atoms with Crippen LogP contribution in [0, 0.1) is 5.82 Å². The second-order valence-electron chi connectivity index (χ2n) is 7.93. The van der Waals surface area contributed by atoms with Crippen molar-refractivity contribution in [3.8, 4) is 11.1 Å². The Morgan fingerprint density at radius 1 is 1.32 bits per heavy atom. The van der Waals surface area contributed by atoms with E-state index >= 15 is 0 Å². The van der Waals surface area contributed by atoms with Gasteiger partial charge >= 0.3 is 6.18 Å². The molecule has 3 heterocycles. The Hall–Kier alpha value is -3.28. The van der Waals surface area contributed by atoms with Gasteiger partial charge in [0.1, 0.15) is 18.5 Å². The minimum Gasteiger partial charge on any atom is -0.411 e. The third-order valence-electron chi connectivity index (χ3n) is 5.71. The first-order valence-electron chi connectivity index (χ1n) is 10.1. The van der Waals surface area contributed by atoms with Crippen LogP contribution in [-0.2, 0) is 17.5 Å². The molecule has 34 heavy (non-hydrogen) atoms. The van der Waals surface area contributed by atoms with Gasteiger partial charge in [-0.3, -0.25) is 9.59 Å².